The van der Waals surface area contributed by atoms with Crippen LogP contribution in [0.3, 0.4) is 0 Å². The second-order valence-corrected chi connectivity index (χ2v) is 5.75. The number of hydrogen-bond donors (Lipinski definition) is 1. The monoisotopic (exact) mass is 339 g/mol. The molecule has 110 valence electrons. The number of guanidine groups is 1. The van der Waals surface area contributed by atoms with Crippen LogP contribution in [0.15, 0.2) is 27.8 Å². The van der Waals surface area contributed by atoms with Crippen LogP contribution in [-0.4, -0.2) is 53.5 Å². The first kappa shape index (κ1) is 15.3. The lowest BCUT2D eigenvalue weighted by atomic mass is 10.1. The lowest BCUT2D eigenvalue weighted by molar-refractivity contribution is 0.247. The number of nitrogens with two attached hydrogens (primary N) is 1. The summed E-state index contributed by atoms with van der Waals surface area (Å²) in [6.07, 6.45) is 1.83. The highest BCUT2D eigenvalue weighted by molar-refractivity contribution is 9.10. The highest BCUT2D eigenvalue weighted by atomic mass is 79.9. The molecule has 5 nitrogen and oxygen atoms in total. The van der Waals surface area contributed by atoms with E-state index in [9.17, 15) is 0 Å². The Kier molecular flexibility index (Phi) is 5.37. The van der Waals surface area contributed by atoms with Crippen molar-refractivity contribution in [1.29, 1.82) is 0 Å². The van der Waals surface area contributed by atoms with E-state index in [1.54, 1.807) is 0 Å². The number of aliphatic imine (C=N–C) groups is 1. The molecule has 0 radical (unpaired) electrons. The maximum Gasteiger partial charge on any atom is 0.192 e. The molecule has 0 bridgehead atoms. The van der Waals surface area contributed by atoms with Crippen LogP contribution in [0.25, 0.3) is 0 Å². The van der Waals surface area contributed by atoms with Crippen LogP contribution in [0.5, 0.6) is 0 Å². The van der Waals surface area contributed by atoms with Crippen LogP contribution in [0, 0.1) is 0 Å². The molecule has 0 spiro atoms. The fourth-order valence-corrected chi connectivity index (χ4v) is 2.66. The Morgan fingerprint density at radius 1 is 1.40 bits per heavy atom. The van der Waals surface area contributed by atoms with Crippen LogP contribution in [0.1, 0.15) is 25.6 Å². The fraction of sp³-hybridized carbons (Fsp3) is 0.571. The minimum atomic E-state index is 0.165. The van der Waals surface area contributed by atoms with E-state index in [1.165, 1.54) is 0 Å². The average Bonchev–Trinajstić information content (AvgIpc) is 2.82. The van der Waals surface area contributed by atoms with Gasteiger partial charge < -0.3 is 15.5 Å². The molecule has 0 fully saturated rings. The molecule has 1 aliphatic rings. The van der Waals surface area contributed by atoms with Gasteiger partial charge in [-0.3, -0.25) is 9.98 Å². The number of rotatable bonds is 6. The van der Waals surface area contributed by atoms with Crippen molar-refractivity contribution < 1.29 is 0 Å². The largest absolute Gasteiger partial charge is 0.370 e. The standard InChI is InChI=1S/C14H22BrN5/c1-3-19(4-2)7-8-20-13(10-18-14(20)16)12-6-5-11(15)9-17-12/h5-6,9,13H,3-4,7-8,10H2,1-2H3,(H2,16,18). The van der Waals surface area contributed by atoms with Gasteiger partial charge in [-0.2, -0.15) is 0 Å². The van der Waals surface area contributed by atoms with Gasteiger partial charge in [-0.1, -0.05) is 13.8 Å². The fourth-order valence-electron chi connectivity index (χ4n) is 2.43. The summed E-state index contributed by atoms with van der Waals surface area (Å²) in [5.41, 5.74) is 7.05. The summed E-state index contributed by atoms with van der Waals surface area (Å²) < 4.78 is 0.989. The van der Waals surface area contributed by atoms with Gasteiger partial charge in [0.15, 0.2) is 5.96 Å². The number of pyridine rings is 1. The van der Waals surface area contributed by atoms with Crippen molar-refractivity contribution in [2.45, 2.75) is 19.9 Å². The number of hydrogen-bond acceptors (Lipinski definition) is 5. The first-order valence-electron chi connectivity index (χ1n) is 7.06. The lowest BCUT2D eigenvalue weighted by Crippen LogP contribution is -2.41. The quantitative estimate of drug-likeness (QED) is 0.859. The zero-order valence-electron chi connectivity index (χ0n) is 12.1. The normalized spacial score (nSPS) is 18.7. The molecule has 0 saturated carbocycles. The van der Waals surface area contributed by atoms with Gasteiger partial charge in [0, 0.05) is 23.8 Å². The molecule has 1 atom stereocenters. The molecule has 2 heterocycles. The minimum Gasteiger partial charge on any atom is -0.370 e. The number of nitrogens with zero attached hydrogens (tertiary/aromatic N) is 4. The number of halogens is 1. The predicted octanol–water partition coefficient (Wildman–Crippen LogP) is 1.86. The van der Waals surface area contributed by atoms with Gasteiger partial charge in [0.2, 0.25) is 0 Å². The Morgan fingerprint density at radius 2 is 2.15 bits per heavy atom. The summed E-state index contributed by atoms with van der Waals surface area (Å²) in [5.74, 6) is 0.631. The van der Waals surface area contributed by atoms with Crippen molar-refractivity contribution in [3.8, 4) is 0 Å². The molecule has 6 heteroatoms. The Hall–Kier alpha value is -1.14. The second kappa shape index (κ2) is 7.04. The Bertz CT molecular complexity index is 455. The van der Waals surface area contributed by atoms with Gasteiger partial charge in [-0.25, -0.2) is 0 Å². The summed E-state index contributed by atoms with van der Waals surface area (Å²) in [6.45, 7) is 9.05. The van der Waals surface area contributed by atoms with Crippen molar-refractivity contribution in [3.63, 3.8) is 0 Å². The molecule has 1 aromatic rings. The molecule has 0 aliphatic carbocycles. The molecular weight excluding hydrogens is 318 g/mol. The molecule has 2 rings (SSSR count). The van der Waals surface area contributed by atoms with E-state index in [4.69, 9.17) is 5.73 Å². The van der Waals surface area contributed by atoms with E-state index in [-0.39, 0.29) is 6.04 Å². The molecule has 0 aromatic carbocycles. The first-order chi connectivity index (χ1) is 9.65. The summed E-state index contributed by atoms with van der Waals surface area (Å²) in [5, 5.41) is 0. The maximum atomic E-state index is 6.03. The Labute approximate surface area is 129 Å². The number of aromatic nitrogens is 1. The van der Waals surface area contributed by atoms with Crippen LogP contribution < -0.4 is 5.73 Å². The van der Waals surface area contributed by atoms with Crippen LogP contribution in [-0.2, 0) is 0 Å². The van der Waals surface area contributed by atoms with E-state index in [0.717, 1.165) is 36.3 Å². The van der Waals surface area contributed by atoms with Crippen molar-refractivity contribution in [2.24, 2.45) is 10.7 Å². The lowest BCUT2D eigenvalue weighted by Gasteiger charge is -2.28. The summed E-state index contributed by atoms with van der Waals surface area (Å²) >= 11 is 3.41. The molecule has 0 saturated heterocycles. The molecule has 0 amide bonds. The highest BCUT2D eigenvalue weighted by Gasteiger charge is 2.28. The Balaban J connectivity index is 2.04. The topological polar surface area (TPSA) is 57.8 Å². The van der Waals surface area contributed by atoms with Gasteiger partial charge in [0.05, 0.1) is 18.3 Å². The van der Waals surface area contributed by atoms with Gasteiger partial charge in [-0.15, -0.1) is 0 Å². The van der Waals surface area contributed by atoms with E-state index in [0.29, 0.717) is 12.5 Å². The van der Waals surface area contributed by atoms with Gasteiger partial charge in [0.1, 0.15) is 0 Å². The van der Waals surface area contributed by atoms with Gasteiger partial charge in [0.25, 0.3) is 0 Å². The second-order valence-electron chi connectivity index (χ2n) is 4.84. The zero-order chi connectivity index (χ0) is 14.5. The molecule has 20 heavy (non-hydrogen) atoms. The smallest absolute Gasteiger partial charge is 0.192 e. The molecular formula is C14H22BrN5. The van der Waals surface area contributed by atoms with Crippen molar-refractivity contribution >= 4 is 21.9 Å². The highest BCUT2D eigenvalue weighted by Crippen LogP contribution is 2.24. The third-order valence-corrected chi connectivity index (χ3v) is 4.21. The van der Waals surface area contributed by atoms with Gasteiger partial charge in [-0.05, 0) is 41.2 Å². The summed E-state index contributed by atoms with van der Waals surface area (Å²) in [4.78, 5) is 13.4. The third-order valence-electron chi connectivity index (χ3n) is 3.74. The average molecular weight is 340 g/mol. The van der Waals surface area contributed by atoms with E-state index in [1.807, 2.05) is 18.3 Å². The van der Waals surface area contributed by atoms with E-state index in [2.05, 4.69) is 49.6 Å². The number of likely N-dealkylation sites (N-methyl/N-ethyl adjacent to an activating group) is 1. The van der Waals surface area contributed by atoms with Crippen molar-refractivity contribution in [3.05, 3.63) is 28.5 Å². The molecule has 1 unspecified atom stereocenters. The van der Waals surface area contributed by atoms with Crippen LogP contribution in [0.2, 0.25) is 0 Å². The summed E-state index contributed by atoms with van der Waals surface area (Å²) in [7, 11) is 0. The molecule has 2 N–H and O–H groups in total. The summed E-state index contributed by atoms with van der Waals surface area (Å²) in [6, 6.07) is 4.21. The van der Waals surface area contributed by atoms with Crippen LogP contribution >= 0.6 is 15.9 Å². The first-order valence-corrected chi connectivity index (χ1v) is 7.85. The minimum absolute atomic E-state index is 0.165. The Morgan fingerprint density at radius 3 is 2.75 bits per heavy atom. The zero-order valence-corrected chi connectivity index (χ0v) is 13.7. The van der Waals surface area contributed by atoms with Crippen molar-refractivity contribution in [2.75, 3.05) is 32.7 Å². The predicted molar refractivity (Wildman–Crippen MR) is 85.7 cm³/mol. The van der Waals surface area contributed by atoms with Crippen molar-refractivity contribution in [1.82, 2.24) is 14.8 Å². The molecule has 1 aliphatic heterocycles. The van der Waals surface area contributed by atoms with E-state index < -0.39 is 0 Å². The molecule has 1 aromatic heterocycles. The van der Waals surface area contributed by atoms with Gasteiger partial charge >= 0.3 is 0 Å². The van der Waals surface area contributed by atoms with Crippen LogP contribution in [0.4, 0.5) is 0 Å². The SMILES string of the molecule is CCN(CC)CCN1C(N)=NCC1c1ccc(Br)cn1. The third kappa shape index (κ3) is 3.49. The van der Waals surface area contributed by atoms with E-state index >= 15 is 0 Å². The maximum absolute atomic E-state index is 6.03.